The van der Waals surface area contributed by atoms with E-state index in [0.717, 1.165) is 19.2 Å². The van der Waals surface area contributed by atoms with E-state index in [1.54, 1.807) is 0 Å². The second-order valence-corrected chi connectivity index (χ2v) is 6.50. The number of esters is 1. The lowest BCUT2D eigenvalue weighted by Gasteiger charge is -2.17. The van der Waals surface area contributed by atoms with Gasteiger partial charge in [0.05, 0.1) is 18.7 Å². The van der Waals surface area contributed by atoms with E-state index in [9.17, 15) is 22.8 Å². The molecule has 0 spiro atoms. The largest absolute Gasteiger partial charge is 0.467 e. The fraction of sp³-hybridized carbons (Fsp3) is 0.0870. The lowest BCUT2D eigenvalue weighted by atomic mass is 10.00. The fourth-order valence-corrected chi connectivity index (χ4v) is 2.93. The zero-order valence-electron chi connectivity index (χ0n) is 16.2. The molecule has 0 aliphatic rings. The highest BCUT2D eigenvalue weighted by atomic mass is 19.2. The van der Waals surface area contributed by atoms with Crippen molar-refractivity contribution < 1.29 is 27.5 Å². The molecule has 0 aliphatic heterocycles. The summed E-state index contributed by atoms with van der Waals surface area (Å²) < 4.78 is 44.9. The number of nitrogens with zero attached hydrogens (tertiary/aromatic N) is 1. The SMILES string of the molecule is COC(=O)C(NC(=O)c1cccc(C#N)c1)c1ccc(-c2cc(F)c(F)c(F)c2)cc1. The van der Waals surface area contributed by atoms with Crippen LogP contribution in [0.3, 0.4) is 0 Å². The molecule has 0 aliphatic carbocycles. The Morgan fingerprint density at radius 1 is 0.968 bits per heavy atom. The van der Waals surface area contributed by atoms with Crippen LogP contribution in [-0.4, -0.2) is 19.0 Å². The number of carbonyl (C=O) groups is 2. The third-order valence-electron chi connectivity index (χ3n) is 4.53. The maximum atomic E-state index is 13.5. The number of benzene rings is 3. The third-order valence-corrected chi connectivity index (χ3v) is 4.53. The highest BCUT2D eigenvalue weighted by Gasteiger charge is 2.24. The van der Waals surface area contributed by atoms with Crippen LogP contribution < -0.4 is 5.32 Å². The molecular formula is C23H15F3N2O3. The first-order valence-corrected chi connectivity index (χ1v) is 8.97. The topological polar surface area (TPSA) is 79.2 Å². The first-order chi connectivity index (χ1) is 14.8. The third kappa shape index (κ3) is 4.73. The molecule has 3 aromatic carbocycles. The van der Waals surface area contributed by atoms with Gasteiger partial charge in [0.2, 0.25) is 0 Å². The van der Waals surface area contributed by atoms with Gasteiger partial charge in [0.15, 0.2) is 23.5 Å². The summed E-state index contributed by atoms with van der Waals surface area (Å²) in [5, 5.41) is 11.5. The molecule has 156 valence electrons. The second kappa shape index (κ2) is 9.13. The van der Waals surface area contributed by atoms with Gasteiger partial charge in [-0.15, -0.1) is 0 Å². The Morgan fingerprint density at radius 3 is 2.19 bits per heavy atom. The Labute approximate surface area is 175 Å². The molecule has 8 heteroatoms. The number of carbonyl (C=O) groups excluding carboxylic acids is 2. The predicted octanol–water partition coefficient (Wildman–Crippen LogP) is 4.29. The highest BCUT2D eigenvalue weighted by Crippen LogP contribution is 2.26. The number of nitrogens with one attached hydrogen (secondary N) is 1. The van der Waals surface area contributed by atoms with Gasteiger partial charge in [-0.1, -0.05) is 30.3 Å². The Kier molecular flexibility index (Phi) is 6.36. The van der Waals surface area contributed by atoms with Crippen molar-refractivity contribution in [3.05, 3.63) is 94.8 Å². The molecule has 3 rings (SSSR count). The molecule has 0 aromatic heterocycles. The molecule has 1 unspecified atom stereocenters. The summed E-state index contributed by atoms with van der Waals surface area (Å²) in [6.45, 7) is 0. The Morgan fingerprint density at radius 2 is 1.61 bits per heavy atom. The van der Waals surface area contributed by atoms with E-state index in [2.05, 4.69) is 5.32 Å². The Balaban J connectivity index is 1.88. The van der Waals surface area contributed by atoms with E-state index in [1.165, 1.54) is 48.5 Å². The van der Waals surface area contributed by atoms with E-state index in [-0.39, 0.29) is 16.7 Å². The molecule has 5 nitrogen and oxygen atoms in total. The van der Waals surface area contributed by atoms with Crippen molar-refractivity contribution >= 4 is 11.9 Å². The van der Waals surface area contributed by atoms with Gasteiger partial charge in [0, 0.05) is 5.56 Å². The van der Waals surface area contributed by atoms with Crippen molar-refractivity contribution in [2.24, 2.45) is 0 Å². The van der Waals surface area contributed by atoms with Gasteiger partial charge in [-0.2, -0.15) is 5.26 Å². The van der Waals surface area contributed by atoms with Crippen LogP contribution in [0.25, 0.3) is 11.1 Å². The summed E-state index contributed by atoms with van der Waals surface area (Å²) >= 11 is 0. The zero-order chi connectivity index (χ0) is 22.5. The van der Waals surface area contributed by atoms with Crippen molar-refractivity contribution in [2.75, 3.05) is 7.11 Å². The van der Waals surface area contributed by atoms with Crippen LogP contribution in [0.4, 0.5) is 13.2 Å². The first-order valence-electron chi connectivity index (χ1n) is 8.97. The summed E-state index contributed by atoms with van der Waals surface area (Å²) in [6, 6.07) is 14.3. The van der Waals surface area contributed by atoms with Gasteiger partial charge in [0.25, 0.3) is 5.91 Å². The summed E-state index contributed by atoms with van der Waals surface area (Å²) in [4.78, 5) is 24.8. The van der Waals surface area contributed by atoms with Gasteiger partial charge in [-0.3, -0.25) is 4.79 Å². The first kappa shape index (κ1) is 21.6. The minimum atomic E-state index is -1.56. The van der Waals surface area contributed by atoms with E-state index in [4.69, 9.17) is 10.00 Å². The molecule has 0 fully saturated rings. The average molecular weight is 424 g/mol. The normalized spacial score (nSPS) is 11.3. The molecule has 0 bridgehead atoms. The molecule has 0 saturated carbocycles. The maximum absolute atomic E-state index is 13.5. The molecule has 3 aromatic rings. The van der Waals surface area contributed by atoms with Crippen molar-refractivity contribution in [1.29, 1.82) is 5.26 Å². The number of amides is 1. The smallest absolute Gasteiger partial charge is 0.333 e. The Hall–Kier alpha value is -4.12. The van der Waals surface area contributed by atoms with E-state index in [0.29, 0.717) is 11.1 Å². The molecule has 1 atom stereocenters. The quantitative estimate of drug-likeness (QED) is 0.490. The Bertz CT molecular complexity index is 1160. The van der Waals surface area contributed by atoms with Crippen LogP contribution in [0.5, 0.6) is 0 Å². The average Bonchev–Trinajstić information content (AvgIpc) is 2.80. The standard InChI is InChI=1S/C23H15F3N2O3/c1-31-23(30)21(28-22(29)16-4-2-3-13(9-16)12-27)15-7-5-14(6-8-15)17-10-18(24)20(26)19(25)11-17/h2-11,21H,1H3,(H,28,29). The minimum absolute atomic E-state index is 0.106. The maximum Gasteiger partial charge on any atom is 0.333 e. The van der Waals surface area contributed by atoms with Crippen LogP contribution in [0, 0.1) is 28.8 Å². The molecule has 31 heavy (non-hydrogen) atoms. The van der Waals surface area contributed by atoms with Gasteiger partial charge < -0.3 is 10.1 Å². The number of hydrogen-bond donors (Lipinski definition) is 1. The van der Waals surface area contributed by atoms with Crippen molar-refractivity contribution in [3.8, 4) is 17.2 Å². The summed E-state index contributed by atoms with van der Waals surface area (Å²) in [7, 11) is 1.16. The lowest BCUT2D eigenvalue weighted by molar-refractivity contribution is -0.143. The summed E-state index contributed by atoms with van der Waals surface area (Å²) in [5.41, 5.74) is 1.30. The van der Waals surface area contributed by atoms with Crippen molar-refractivity contribution in [3.63, 3.8) is 0 Å². The van der Waals surface area contributed by atoms with Gasteiger partial charge >= 0.3 is 5.97 Å². The molecular weight excluding hydrogens is 409 g/mol. The monoisotopic (exact) mass is 424 g/mol. The van der Waals surface area contributed by atoms with Crippen LogP contribution in [0.2, 0.25) is 0 Å². The number of methoxy groups -OCH3 is 1. The highest BCUT2D eigenvalue weighted by molar-refractivity contribution is 5.97. The fourth-order valence-electron chi connectivity index (χ4n) is 2.93. The minimum Gasteiger partial charge on any atom is -0.467 e. The van der Waals surface area contributed by atoms with Crippen LogP contribution in [-0.2, 0) is 9.53 Å². The molecule has 0 heterocycles. The number of hydrogen-bond acceptors (Lipinski definition) is 4. The number of rotatable bonds is 5. The van der Waals surface area contributed by atoms with Gasteiger partial charge in [-0.05, 0) is 47.0 Å². The molecule has 0 saturated heterocycles. The van der Waals surface area contributed by atoms with Crippen LogP contribution >= 0.6 is 0 Å². The van der Waals surface area contributed by atoms with Crippen LogP contribution in [0.15, 0.2) is 60.7 Å². The number of ether oxygens (including phenoxy) is 1. The second-order valence-electron chi connectivity index (χ2n) is 6.50. The van der Waals surface area contributed by atoms with E-state index >= 15 is 0 Å². The molecule has 1 N–H and O–H groups in total. The van der Waals surface area contributed by atoms with E-state index < -0.39 is 35.4 Å². The van der Waals surface area contributed by atoms with E-state index in [1.807, 2.05) is 6.07 Å². The van der Waals surface area contributed by atoms with Crippen molar-refractivity contribution in [1.82, 2.24) is 5.32 Å². The number of halogens is 3. The lowest BCUT2D eigenvalue weighted by Crippen LogP contribution is -2.34. The summed E-state index contributed by atoms with van der Waals surface area (Å²) in [5.74, 6) is -5.54. The summed E-state index contributed by atoms with van der Waals surface area (Å²) in [6.07, 6.45) is 0. The van der Waals surface area contributed by atoms with Crippen molar-refractivity contribution in [2.45, 2.75) is 6.04 Å². The predicted molar refractivity (Wildman–Crippen MR) is 105 cm³/mol. The van der Waals surface area contributed by atoms with Gasteiger partial charge in [-0.25, -0.2) is 18.0 Å². The zero-order valence-corrected chi connectivity index (χ0v) is 16.2. The van der Waals surface area contributed by atoms with Crippen LogP contribution in [0.1, 0.15) is 27.5 Å². The molecule has 0 radical (unpaired) electrons. The molecule has 1 amide bonds. The number of nitriles is 1. The van der Waals surface area contributed by atoms with Gasteiger partial charge in [0.1, 0.15) is 0 Å².